The van der Waals surface area contributed by atoms with Crippen molar-refractivity contribution in [2.75, 3.05) is 6.54 Å². The standard InChI is InChI=1S/C17H18N2O2S/c20-17(14-4-1-7-18-10-14)13-19(11-15-5-2-8-21-15)12-16-6-3-9-22-16/h1-10,17,20H,11-13H2. The number of pyridine rings is 1. The summed E-state index contributed by atoms with van der Waals surface area (Å²) in [4.78, 5) is 7.52. The van der Waals surface area contributed by atoms with E-state index in [4.69, 9.17) is 4.42 Å². The summed E-state index contributed by atoms with van der Waals surface area (Å²) in [5, 5.41) is 12.5. The van der Waals surface area contributed by atoms with Crippen molar-refractivity contribution in [3.05, 3.63) is 76.6 Å². The van der Waals surface area contributed by atoms with Gasteiger partial charge in [0.05, 0.1) is 18.9 Å². The number of hydrogen-bond acceptors (Lipinski definition) is 5. The molecule has 3 aromatic heterocycles. The molecule has 0 spiro atoms. The molecule has 1 atom stereocenters. The Kier molecular flexibility index (Phi) is 5.00. The van der Waals surface area contributed by atoms with Crippen molar-refractivity contribution in [1.29, 1.82) is 0 Å². The average Bonchev–Trinajstić information content (AvgIpc) is 3.22. The van der Waals surface area contributed by atoms with Gasteiger partial charge in [-0.05, 0) is 29.6 Å². The normalized spacial score (nSPS) is 12.6. The second kappa shape index (κ2) is 7.35. The third kappa shape index (κ3) is 4.04. The van der Waals surface area contributed by atoms with Gasteiger partial charge in [-0.15, -0.1) is 11.3 Å². The van der Waals surface area contributed by atoms with Gasteiger partial charge in [0.2, 0.25) is 0 Å². The maximum Gasteiger partial charge on any atom is 0.117 e. The van der Waals surface area contributed by atoms with Gasteiger partial charge in [-0.25, -0.2) is 0 Å². The summed E-state index contributed by atoms with van der Waals surface area (Å²) in [7, 11) is 0. The highest BCUT2D eigenvalue weighted by Gasteiger charge is 2.16. The highest BCUT2D eigenvalue weighted by Crippen LogP contribution is 2.19. The van der Waals surface area contributed by atoms with Gasteiger partial charge < -0.3 is 9.52 Å². The number of aliphatic hydroxyl groups is 1. The van der Waals surface area contributed by atoms with Crippen LogP contribution in [0.2, 0.25) is 0 Å². The summed E-state index contributed by atoms with van der Waals surface area (Å²) in [6.45, 7) is 1.99. The number of rotatable bonds is 7. The Bertz CT molecular complexity index is 617. The fourth-order valence-corrected chi connectivity index (χ4v) is 3.10. The van der Waals surface area contributed by atoms with Gasteiger partial charge in [0, 0.05) is 35.9 Å². The topological polar surface area (TPSA) is 49.5 Å². The maximum atomic E-state index is 10.4. The molecule has 22 heavy (non-hydrogen) atoms. The van der Waals surface area contributed by atoms with Gasteiger partial charge in [-0.1, -0.05) is 12.1 Å². The summed E-state index contributed by atoms with van der Waals surface area (Å²) in [6, 6.07) is 11.7. The minimum absolute atomic E-state index is 0.532. The largest absolute Gasteiger partial charge is 0.468 e. The first kappa shape index (κ1) is 15.0. The van der Waals surface area contributed by atoms with Gasteiger partial charge in [-0.3, -0.25) is 9.88 Å². The van der Waals surface area contributed by atoms with Gasteiger partial charge in [0.15, 0.2) is 0 Å². The fourth-order valence-electron chi connectivity index (χ4n) is 2.35. The zero-order valence-electron chi connectivity index (χ0n) is 12.1. The van der Waals surface area contributed by atoms with Crippen molar-refractivity contribution in [2.45, 2.75) is 19.2 Å². The van der Waals surface area contributed by atoms with E-state index in [1.54, 1.807) is 30.0 Å². The zero-order valence-corrected chi connectivity index (χ0v) is 12.9. The molecule has 0 aliphatic carbocycles. The van der Waals surface area contributed by atoms with Crippen LogP contribution in [0.5, 0.6) is 0 Å². The molecule has 0 saturated carbocycles. The van der Waals surface area contributed by atoms with Crippen molar-refractivity contribution in [2.24, 2.45) is 0 Å². The molecule has 0 fully saturated rings. The number of furan rings is 1. The minimum atomic E-state index is -0.566. The lowest BCUT2D eigenvalue weighted by Gasteiger charge is -2.23. The van der Waals surface area contributed by atoms with Crippen LogP contribution in [0.15, 0.2) is 64.9 Å². The molecule has 5 heteroatoms. The van der Waals surface area contributed by atoms with Crippen molar-refractivity contribution in [3.8, 4) is 0 Å². The molecule has 1 unspecified atom stereocenters. The average molecular weight is 314 g/mol. The van der Waals surface area contributed by atoms with Crippen molar-refractivity contribution >= 4 is 11.3 Å². The maximum absolute atomic E-state index is 10.4. The van der Waals surface area contributed by atoms with Crippen LogP contribution in [-0.2, 0) is 13.1 Å². The summed E-state index contributed by atoms with van der Waals surface area (Å²) in [6.07, 6.45) is 4.53. The highest BCUT2D eigenvalue weighted by molar-refractivity contribution is 7.09. The van der Waals surface area contributed by atoms with E-state index in [2.05, 4.69) is 21.3 Å². The molecule has 0 saturated heterocycles. The Morgan fingerprint density at radius 3 is 2.82 bits per heavy atom. The smallest absolute Gasteiger partial charge is 0.117 e. The lowest BCUT2D eigenvalue weighted by Crippen LogP contribution is -2.27. The van der Waals surface area contributed by atoms with E-state index in [0.717, 1.165) is 17.9 Å². The highest BCUT2D eigenvalue weighted by atomic mass is 32.1. The van der Waals surface area contributed by atoms with Gasteiger partial charge >= 0.3 is 0 Å². The van der Waals surface area contributed by atoms with Crippen LogP contribution in [0.3, 0.4) is 0 Å². The van der Waals surface area contributed by atoms with Crippen molar-refractivity contribution in [1.82, 2.24) is 9.88 Å². The summed E-state index contributed by atoms with van der Waals surface area (Å²) in [5.74, 6) is 0.898. The second-order valence-corrected chi connectivity index (χ2v) is 6.16. The van der Waals surface area contributed by atoms with E-state index >= 15 is 0 Å². The van der Waals surface area contributed by atoms with Crippen molar-refractivity contribution in [3.63, 3.8) is 0 Å². The Balaban J connectivity index is 1.70. The van der Waals surface area contributed by atoms with Gasteiger partial charge in [0.25, 0.3) is 0 Å². The molecule has 0 amide bonds. The second-order valence-electron chi connectivity index (χ2n) is 5.13. The molecule has 3 aromatic rings. The summed E-state index contributed by atoms with van der Waals surface area (Å²) >= 11 is 1.72. The lowest BCUT2D eigenvalue weighted by molar-refractivity contribution is 0.101. The number of nitrogens with zero attached hydrogens (tertiary/aromatic N) is 2. The Labute approximate surface area is 133 Å². The van der Waals surface area contributed by atoms with Crippen LogP contribution < -0.4 is 0 Å². The van der Waals surface area contributed by atoms with Crippen LogP contribution in [-0.4, -0.2) is 21.5 Å². The minimum Gasteiger partial charge on any atom is -0.468 e. The van der Waals surface area contributed by atoms with E-state index < -0.39 is 6.10 Å². The molecule has 3 heterocycles. The Hall–Kier alpha value is -1.95. The van der Waals surface area contributed by atoms with Crippen LogP contribution in [0.4, 0.5) is 0 Å². The van der Waals surface area contributed by atoms with E-state index in [0.29, 0.717) is 13.1 Å². The third-order valence-corrected chi connectivity index (χ3v) is 4.28. The first-order valence-corrected chi connectivity index (χ1v) is 8.04. The molecule has 114 valence electrons. The van der Waals surface area contributed by atoms with Crippen LogP contribution >= 0.6 is 11.3 Å². The van der Waals surface area contributed by atoms with E-state index in [1.807, 2.05) is 30.3 Å². The fraction of sp³-hybridized carbons (Fsp3) is 0.235. The van der Waals surface area contributed by atoms with Crippen molar-refractivity contribution < 1.29 is 9.52 Å². The predicted octanol–water partition coefficient (Wildman–Crippen LogP) is 3.47. The van der Waals surface area contributed by atoms with E-state index in [9.17, 15) is 5.11 Å². The molecule has 0 aliphatic heterocycles. The monoisotopic (exact) mass is 314 g/mol. The first-order valence-electron chi connectivity index (χ1n) is 7.16. The molecule has 0 aliphatic rings. The third-order valence-electron chi connectivity index (χ3n) is 3.42. The van der Waals surface area contributed by atoms with E-state index in [1.165, 1.54) is 4.88 Å². The molecule has 0 aromatic carbocycles. The SMILES string of the molecule is OC(CN(Cc1ccco1)Cc1cccs1)c1cccnc1. The molecule has 0 bridgehead atoms. The summed E-state index contributed by atoms with van der Waals surface area (Å²) in [5.41, 5.74) is 0.832. The molecular weight excluding hydrogens is 296 g/mol. The Morgan fingerprint density at radius 1 is 1.18 bits per heavy atom. The molecule has 1 N–H and O–H groups in total. The Morgan fingerprint density at radius 2 is 2.14 bits per heavy atom. The molecular formula is C17H18N2O2S. The van der Waals surface area contributed by atoms with Crippen LogP contribution in [0.1, 0.15) is 22.3 Å². The number of aliphatic hydroxyl groups excluding tert-OH is 1. The quantitative estimate of drug-likeness (QED) is 0.725. The van der Waals surface area contributed by atoms with E-state index in [-0.39, 0.29) is 0 Å². The predicted molar refractivity (Wildman–Crippen MR) is 86.3 cm³/mol. The lowest BCUT2D eigenvalue weighted by atomic mass is 10.1. The number of thiophene rings is 1. The number of aromatic nitrogens is 1. The number of hydrogen-bond donors (Lipinski definition) is 1. The summed E-state index contributed by atoms with van der Waals surface area (Å²) < 4.78 is 5.44. The molecule has 4 nitrogen and oxygen atoms in total. The molecule has 0 radical (unpaired) electrons. The van der Waals surface area contributed by atoms with Crippen LogP contribution in [0, 0.1) is 0 Å². The van der Waals surface area contributed by atoms with Crippen LogP contribution in [0.25, 0.3) is 0 Å². The zero-order chi connectivity index (χ0) is 15.2. The first-order chi connectivity index (χ1) is 10.8. The van der Waals surface area contributed by atoms with Gasteiger partial charge in [0.1, 0.15) is 5.76 Å². The van der Waals surface area contributed by atoms with Gasteiger partial charge in [-0.2, -0.15) is 0 Å². The molecule has 3 rings (SSSR count).